The van der Waals surface area contributed by atoms with E-state index in [1.807, 2.05) is 13.8 Å². The van der Waals surface area contributed by atoms with Crippen LogP contribution in [0.5, 0.6) is 0 Å². The van der Waals surface area contributed by atoms with Gasteiger partial charge in [0.15, 0.2) is 0 Å². The Labute approximate surface area is 168 Å². The molecule has 1 N–H and O–H groups in total. The molecule has 29 heavy (non-hydrogen) atoms. The summed E-state index contributed by atoms with van der Waals surface area (Å²) in [5.74, 6) is -0.588. The van der Waals surface area contributed by atoms with E-state index in [2.05, 4.69) is 5.32 Å². The number of hydrogen-bond acceptors (Lipinski definition) is 3. The number of benzene rings is 2. The van der Waals surface area contributed by atoms with Gasteiger partial charge in [-0.2, -0.15) is 13.2 Å². The first-order valence-electron chi connectivity index (χ1n) is 8.89. The number of amides is 1. The molecule has 0 unspecified atom stereocenters. The third-order valence-electron chi connectivity index (χ3n) is 4.26. The maximum Gasteiger partial charge on any atom is 0.416 e. The second-order valence-corrected chi connectivity index (χ2v) is 8.86. The zero-order chi connectivity index (χ0) is 21.8. The summed E-state index contributed by atoms with van der Waals surface area (Å²) in [6.07, 6.45) is -3.47. The van der Waals surface area contributed by atoms with Crippen molar-refractivity contribution in [3.8, 4) is 0 Å². The van der Waals surface area contributed by atoms with Crippen molar-refractivity contribution in [2.75, 3.05) is 17.1 Å². The van der Waals surface area contributed by atoms with Crippen LogP contribution in [0.2, 0.25) is 0 Å². The first-order valence-corrected chi connectivity index (χ1v) is 10.7. The zero-order valence-electron chi connectivity index (χ0n) is 16.3. The van der Waals surface area contributed by atoms with Gasteiger partial charge in [0.2, 0.25) is 15.9 Å². The molecule has 0 aromatic heterocycles. The second-order valence-electron chi connectivity index (χ2n) is 6.96. The molecular weight excluding hydrogens is 405 g/mol. The lowest BCUT2D eigenvalue weighted by molar-refractivity contribution is -0.137. The maximum absolute atomic E-state index is 12.8. The first-order chi connectivity index (χ1) is 13.4. The number of alkyl halides is 3. The molecule has 5 nitrogen and oxygen atoms in total. The molecule has 0 aliphatic rings. The summed E-state index contributed by atoms with van der Waals surface area (Å²) in [7, 11) is -3.75. The predicted octanol–water partition coefficient (Wildman–Crippen LogP) is 3.91. The Bertz CT molecular complexity index is 973. The Balaban J connectivity index is 2.17. The number of carbonyl (C=O) groups excluding carboxylic acids is 1. The summed E-state index contributed by atoms with van der Waals surface area (Å²) in [5.41, 5.74) is 0.623. The Morgan fingerprint density at radius 2 is 1.76 bits per heavy atom. The molecule has 2 rings (SSSR count). The summed E-state index contributed by atoms with van der Waals surface area (Å²) in [6, 6.07) is 11.5. The average molecular weight is 428 g/mol. The lowest BCUT2D eigenvalue weighted by atomic mass is 10.0. The van der Waals surface area contributed by atoms with Crippen molar-refractivity contribution >= 4 is 21.6 Å². The summed E-state index contributed by atoms with van der Waals surface area (Å²) < 4.78 is 64.0. The molecule has 0 aliphatic carbocycles. The highest BCUT2D eigenvalue weighted by Gasteiger charge is 2.30. The van der Waals surface area contributed by atoms with Gasteiger partial charge in [0, 0.05) is 6.54 Å². The predicted molar refractivity (Wildman–Crippen MR) is 106 cm³/mol. The van der Waals surface area contributed by atoms with E-state index < -0.39 is 34.2 Å². The van der Waals surface area contributed by atoms with E-state index in [9.17, 15) is 26.4 Å². The van der Waals surface area contributed by atoms with Crippen LogP contribution in [-0.2, 0) is 27.5 Å². The van der Waals surface area contributed by atoms with Gasteiger partial charge in [-0.25, -0.2) is 8.42 Å². The number of nitrogens with one attached hydrogen (secondary N) is 1. The summed E-state index contributed by atoms with van der Waals surface area (Å²) in [5, 5.41) is 2.49. The molecule has 158 valence electrons. The van der Waals surface area contributed by atoms with Gasteiger partial charge < -0.3 is 5.32 Å². The highest BCUT2D eigenvalue weighted by atomic mass is 32.2. The Kier molecular flexibility index (Phi) is 6.94. The summed E-state index contributed by atoms with van der Waals surface area (Å²) in [6.45, 7) is 3.20. The van der Waals surface area contributed by atoms with Crippen LogP contribution in [0.4, 0.5) is 18.9 Å². The lowest BCUT2D eigenvalue weighted by Gasteiger charge is -2.25. The average Bonchev–Trinajstić information content (AvgIpc) is 2.63. The van der Waals surface area contributed by atoms with E-state index in [1.54, 1.807) is 24.3 Å². The maximum atomic E-state index is 12.8. The number of halogens is 3. The molecule has 0 saturated carbocycles. The van der Waals surface area contributed by atoms with E-state index in [-0.39, 0.29) is 18.0 Å². The highest BCUT2D eigenvalue weighted by molar-refractivity contribution is 7.92. The van der Waals surface area contributed by atoms with Gasteiger partial charge in [0.25, 0.3) is 0 Å². The minimum absolute atomic E-state index is 0.0311. The molecule has 0 radical (unpaired) electrons. The van der Waals surface area contributed by atoms with Gasteiger partial charge in [-0.1, -0.05) is 44.2 Å². The van der Waals surface area contributed by atoms with Crippen molar-refractivity contribution in [2.24, 2.45) is 0 Å². The largest absolute Gasteiger partial charge is 0.416 e. The van der Waals surface area contributed by atoms with Crippen LogP contribution in [0.25, 0.3) is 0 Å². The molecule has 0 bridgehead atoms. The summed E-state index contributed by atoms with van der Waals surface area (Å²) in [4.78, 5) is 12.4. The standard InChI is InChI=1S/C20H23F3N2O3S/c1-14(2)17-9-4-5-10-18(17)25(29(3,27)28)13-19(26)24-12-15-7-6-8-16(11-15)20(21,22)23/h4-11,14H,12-13H2,1-3H3,(H,24,26). The molecule has 0 aliphatic heterocycles. The van der Waals surface area contributed by atoms with Gasteiger partial charge in [-0.05, 0) is 35.2 Å². The quantitative estimate of drug-likeness (QED) is 0.727. The van der Waals surface area contributed by atoms with Crippen molar-refractivity contribution in [2.45, 2.75) is 32.5 Å². The number of para-hydroxylation sites is 1. The SMILES string of the molecule is CC(C)c1ccccc1N(CC(=O)NCc1cccc(C(F)(F)F)c1)S(C)(=O)=O. The number of carbonyl (C=O) groups is 1. The number of anilines is 1. The van der Waals surface area contributed by atoms with Crippen molar-refractivity contribution < 1.29 is 26.4 Å². The molecule has 0 atom stereocenters. The normalized spacial score (nSPS) is 12.1. The van der Waals surface area contributed by atoms with E-state index in [0.29, 0.717) is 5.69 Å². The molecular formula is C20H23F3N2O3S. The van der Waals surface area contributed by atoms with Gasteiger partial charge in [0.1, 0.15) is 6.54 Å². The minimum atomic E-state index is -4.48. The van der Waals surface area contributed by atoms with Crippen molar-refractivity contribution in [1.29, 1.82) is 0 Å². The Hall–Kier alpha value is -2.55. The molecule has 1 amide bonds. The van der Waals surface area contributed by atoms with E-state index in [4.69, 9.17) is 0 Å². The third kappa shape index (κ3) is 6.22. The lowest BCUT2D eigenvalue weighted by Crippen LogP contribution is -2.40. The summed E-state index contributed by atoms with van der Waals surface area (Å²) >= 11 is 0. The fourth-order valence-electron chi connectivity index (χ4n) is 2.83. The Morgan fingerprint density at radius 3 is 2.34 bits per heavy atom. The fourth-order valence-corrected chi connectivity index (χ4v) is 3.70. The third-order valence-corrected chi connectivity index (χ3v) is 5.39. The molecule has 2 aromatic rings. The van der Waals surface area contributed by atoms with Crippen LogP contribution < -0.4 is 9.62 Å². The highest BCUT2D eigenvalue weighted by Crippen LogP contribution is 2.30. The fraction of sp³-hybridized carbons (Fsp3) is 0.350. The smallest absolute Gasteiger partial charge is 0.350 e. The first kappa shape index (κ1) is 22.7. The Morgan fingerprint density at radius 1 is 1.10 bits per heavy atom. The van der Waals surface area contributed by atoms with Crippen LogP contribution in [0.1, 0.15) is 36.5 Å². The number of rotatable bonds is 7. The minimum Gasteiger partial charge on any atom is -0.350 e. The van der Waals surface area contributed by atoms with Crippen molar-refractivity contribution in [1.82, 2.24) is 5.32 Å². The zero-order valence-corrected chi connectivity index (χ0v) is 17.1. The van der Waals surface area contributed by atoms with Crippen LogP contribution in [-0.4, -0.2) is 27.1 Å². The van der Waals surface area contributed by atoms with E-state index >= 15 is 0 Å². The van der Waals surface area contributed by atoms with Gasteiger partial charge in [-0.15, -0.1) is 0 Å². The molecule has 9 heteroatoms. The number of hydrogen-bond donors (Lipinski definition) is 1. The second kappa shape index (κ2) is 8.86. The van der Waals surface area contributed by atoms with Crippen LogP contribution in [0.15, 0.2) is 48.5 Å². The van der Waals surface area contributed by atoms with Crippen molar-refractivity contribution in [3.05, 3.63) is 65.2 Å². The van der Waals surface area contributed by atoms with Gasteiger partial charge in [0.05, 0.1) is 17.5 Å². The van der Waals surface area contributed by atoms with Crippen LogP contribution in [0, 0.1) is 0 Å². The van der Waals surface area contributed by atoms with E-state index in [0.717, 1.165) is 28.3 Å². The molecule has 0 spiro atoms. The van der Waals surface area contributed by atoms with E-state index in [1.165, 1.54) is 12.1 Å². The molecule has 0 saturated heterocycles. The van der Waals surface area contributed by atoms with Gasteiger partial charge >= 0.3 is 6.18 Å². The number of nitrogens with zero attached hydrogens (tertiary/aromatic N) is 1. The van der Waals surface area contributed by atoms with Gasteiger partial charge in [-0.3, -0.25) is 9.10 Å². The molecule has 0 fully saturated rings. The molecule has 0 heterocycles. The van der Waals surface area contributed by atoms with Crippen molar-refractivity contribution in [3.63, 3.8) is 0 Å². The monoisotopic (exact) mass is 428 g/mol. The number of sulfonamides is 1. The molecule has 2 aromatic carbocycles. The van der Waals surface area contributed by atoms with Crippen LogP contribution >= 0.6 is 0 Å². The topological polar surface area (TPSA) is 66.5 Å². The van der Waals surface area contributed by atoms with Crippen LogP contribution in [0.3, 0.4) is 0 Å².